The highest BCUT2D eigenvalue weighted by atomic mass is 16.5. The van der Waals surface area contributed by atoms with Gasteiger partial charge in [-0.1, -0.05) is 86.0 Å². The molecule has 6 heteroatoms. The predicted octanol–water partition coefficient (Wildman–Crippen LogP) is 9.67. The average Bonchev–Trinajstić information content (AvgIpc) is 3.47. The predicted molar refractivity (Wildman–Crippen MR) is 211 cm³/mol. The molecule has 0 aromatic rings. The van der Waals surface area contributed by atoms with Crippen molar-refractivity contribution in [2.45, 2.75) is 188 Å². The Bertz CT molecular complexity index is 906. The minimum absolute atomic E-state index is 0.206. The van der Waals surface area contributed by atoms with Gasteiger partial charge in [0.15, 0.2) is 0 Å². The topological polar surface area (TPSA) is 91.8 Å². The van der Waals surface area contributed by atoms with Gasteiger partial charge in [0.25, 0.3) is 0 Å². The van der Waals surface area contributed by atoms with E-state index in [0.717, 1.165) is 44.5 Å². The van der Waals surface area contributed by atoms with Crippen LogP contribution in [0.2, 0.25) is 0 Å². The third-order valence-corrected chi connectivity index (χ3v) is 14.9. The van der Waals surface area contributed by atoms with Crippen molar-refractivity contribution in [2.75, 3.05) is 46.0 Å². The van der Waals surface area contributed by atoms with Gasteiger partial charge in [-0.25, -0.2) is 0 Å². The molecular weight excluding hydrogens is 619 g/mol. The first-order chi connectivity index (χ1) is 24.3. The molecule has 0 aliphatic heterocycles. The van der Waals surface area contributed by atoms with E-state index in [9.17, 15) is 0 Å². The monoisotopic (exact) mass is 704 g/mol. The number of nitrogens with one attached hydrogen (secondary N) is 1. The summed E-state index contributed by atoms with van der Waals surface area (Å²) in [5, 5.41) is 3.80. The van der Waals surface area contributed by atoms with Gasteiger partial charge >= 0.3 is 0 Å². The minimum Gasteiger partial charge on any atom is -0.378 e. The van der Waals surface area contributed by atoms with Crippen molar-refractivity contribution >= 4 is 0 Å². The van der Waals surface area contributed by atoms with Gasteiger partial charge in [0.05, 0.1) is 18.3 Å². The zero-order chi connectivity index (χ0) is 35.8. The molecule has 0 spiro atoms. The van der Waals surface area contributed by atoms with Crippen LogP contribution in [0.5, 0.6) is 0 Å². The Balaban J connectivity index is 1.41. The first-order valence-electron chi connectivity index (χ1n) is 22.3. The maximum atomic E-state index is 7.06. The second kappa shape index (κ2) is 22.2. The molecule has 0 bridgehead atoms. The Hall–Kier alpha value is -0.240. The van der Waals surface area contributed by atoms with Crippen LogP contribution in [-0.2, 0) is 14.2 Å². The highest BCUT2D eigenvalue weighted by molar-refractivity contribution is 5.15. The number of hydrogen-bond acceptors (Lipinski definition) is 6. The molecule has 6 nitrogen and oxygen atoms in total. The molecule has 0 aromatic heterocycles. The zero-order valence-electron chi connectivity index (χ0n) is 33.9. The van der Waals surface area contributed by atoms with Crippen LogP contribution in [0.3, 0.4) is 0 Å². The van der Waals surface area contributed by atoms with Gasteiger partial charge in [-0.3, -0.25) is 0 Å². The molecule has 0 aromatic carbocycles. The Morgan fingerprint density at radius 2 is 1.34 bits per heavy atom. The number of fused-ring (bicyclic) bond motifs is 5. The lowest BCUT2D eigenvalue weighted by Crippen LogP contribution is -2.63. The largest absolute Gasteiger partial charge is 0.378 e. The van der Waals surface area contributed by atoms with E-state index in [4.69, 9.17) is 25.7 Å². The van der Waals surface area contributed by atoms with Crippen LogP contribution in [0, 0.1) is 46.3 Å². The molecule has 4 saturated carbocycles. The number of nitrogens with two attached hydrogens (primary N) is 2. The Labute approximate surface area is 310 Å². The lowest BCUT2D eigenvalue weighted by molar-refractivity contribution is -0.227. The van der Waals surface area contributed by atoms with Crippen LogP contribution in [0.1, 0.15) is 169 Å². The van der Waals surface area contributed by atoms with Crippen LogP contribution in [0.4, 0.5) is 0 Å². The van der Waals surface area contributed by atoms with Crippen molar-refractivity contribution in [3.05, 3.63) is 0 Å². The van der Waals surface area contributed by atoms with E-state index >= 15 is 0 Å². The number of ether oxygens (including phenoxy) is 3. The summed E-state index contributed by atoms with van der Waals surface area (Å²) in [7, 11) is 0. The standard InChI is InChI=1S/C44H85N3O3/c1-6-8-10-11-12-13-14-15-26-47-27-16-19-34(3)37-20-21-38-42-39(33-41(44(37,38)5)50-30-18-25-46)43(4)23-22-36(48-29-17-24-45)31-35(43)32-40(42)49-28-9-7-2/h34-42,47H,6-33,45-46H2,1-5H3/t34-,35+,36-,37-,38+,39+,40-,41+,42+,43+,44-/m1/s1. The number of hydrogen-bond donors (Lipinski definition) is 3. The van der Waals surface area contributed by atoms with Gasteiger partial charge < -0.3 is 31.0 Å². The van der Waals surface area contributed by atoms with Crippen molar-refractivity contribution in [2.24, 2.45) is 57.8 Å². The van der Waals surface area contributed by atoms with Crippen LogP contribution in [0.25, 0.3) is 0 Å². The molecule has 0 amide bonds. The minimum atomic E-state index is 0.206. The van der Waals surface area contributed by atoms with E-state index in [1.807, 2.05) is 0 Å². The summed E-state index contributed by atoms with van der Waals surface area (Å²) in [6, 6.07) is 0. The summed E-state index contributed by atoms with van der Waals surface area (Å²) in [6.45, 7) is 18.8. The fourth-order valence-electron chi connectivity index (χ4n) is 11.9. The van der Waals surface area contributed by atoms with Crippen molar-refractivity contribution in [1.82, 2.24) is 5.32 Å². The molecule has 4 aliphatic carbocycles. The van der Waals surface area contributed by atoms with Gasteiger partial charge in [0.1, 0.15) is 0 Å². The third kappa shape index (κ3) is 10.9. The first kappa shape index (κ1) is 42.5. The fraction of sp³-hybridized carbons (Fsp3) is 1.00. The zero-order valence-corrected chi connectivity index (χ0v) is 33.9. The summed E-state index contributed by atoms with van der Waals surface area (Å²) >= 11 is 0. The maximum Gasteiger partial charge on any atom is 0.0637 e. The Morgan fingerprint density at radius 1 is 0.680 bits per heavy atom. The van der Waals surface area contributed by atoms with Crippen LogP contribution < -0.4 is 16.8 Å². The highest BCUT2D eigenvalue weighted by Gasteiger charge is 2.66. The van der Waals surface area contributed by atoms with Crippen molar-refractivity contribution in [3.8, 4) is 0 Å². The first-order valence-corrected chi connectivity index (χ1v) is 22.3. The van der Waals surface area contributed by atoms with Gasteiger partial charge in [-0.05, 0) is 151 Å². The highest BCUT2D eigenvalue weighted by Crippen LogP contribution is 2.69. The fourth-order valence-corrected chi connectivity index (χ4v) is 11.9. The van der Waals surface area contributed by atoms with Gasteiger partial charge in [-0.2, -0.15) is 0 Å². The van der Waals surface area contributed by atoms with Crippen molar-refractivity contribution < 1.29 is 14.2 Å². The maximum absolute atomic E-state index is 7.06. The van der Waals surface area contributed by atoms with Crippen LogP contribution in [-0.4, -0.2) is 64.3 Å². The van der Waals surface area contributed by atoms with Gasteiger partial charge in [0.2, 0.25) is 0 Å². The SMILES string of the molecule is CCCCCCCCCCNCCC[C@@H](C)[C@H]1CC[C@H]2[C@@H]3[C@H](OCCCC)C[C@@H]4C[C@H](OCCCN)CC[C@]4(C)[C@H]3C[C@H](OCCCN)[C@]12C. The van der Waals surface area contributed by atoms with Crippen molar-refractivity contribution in [3.63, 3.8) is 0 Å². The van der Waals surface area contributed by atoms with E-state index < -0.39 is 0 Å². The molecule has 4 aliphatic rings. The molecule has 0 heterocycles. The molecule has 0 saturated heterocycles. The van der Waals surface area contributed by atoms with E-state index in [1.54, 1.807) is 0 Å². The smallest absolute Gasteiger partial charge is 0.0637 e. The molecule has 50 heavy (non-hydrogen) atoms. The molecule has 4 rings (SSSR count). The molecule has 5 N–H and O–H groups in total. The summed E-state index contributed by atoms with van der Waals surface area (Å²) in [6.07, 6.45) is 27.9. The lowest BCUT2D eigenvalue weighted by Gasteiger charge is -2.65. The number of unbranched alkanes of at least 4 members (excludes halogenated alkanes) is 8. The Kier molecular flexibility index (Phi) is 18.9. The quantitative estimate of drug-likeness (QED) is 0.0778. The Morgan fingerprint density at radius 3 is 2.06 bits per heavy atom. The van der Waals surface area contributed by atoms with E-state index in [1.165, 1.54) is 135 Å². The second-order valence-electron chi connectivity index (χ2n) is 18.0. The van der Waals surface area contributed by atoms with E-state index in [-0.39, 0.29) is 5.41 Å². The molecular formula is C44H85N3O3. The summed E-state index contributed by atoms with van der Waals surface area (Å²) in [5.74, 6) is 4.09. The van der Waals surface area contributed by atoms with Gasteiger partial charge in [0, 0.05) is 25.2 Å². The van der Waals surface area contributed by atoms with Crippen LogP contribution >= 0.6 is 0 Å². The summed E-state index contributed by atoms with van der Waals surface area (Å²) < 4.78 is 20.5. The second-order valence-corrected chi connectivity index (χ2v) is 18.0. The van der Waals surface area contributed by atoms with Crippen LogP contribution in [0.15, 0.2) is 0 Å². The van der Waals surface area contributed by atoms with Crippen molar-refractivity contribution in [1.29, 1.82) is 0 Å². The van der Waals surface area contributed by atoms with E-state index in [0.29, 0.717) is 60.5 Å². The molecule has 0 unspecified atom stereocenters. The molecule has 0 radical (unpaired) electrons. The lowest BCUT2D eigenvalue weighted by atomic mass is 9.43. The number of rotatable bonds is 26. The third-order valence-electron chi connectivity index (χ3n) is 14.9. The molecule has 4 fully saturated rings. The summed E-state index contributed by atoms with van der Waals surface area (Å²) in [4.78, 5) is 0. The normalized spacial score (nSPS) is 35.8. The van der Waals surface area contributed by atoms with Gasteiger partial charge in [-0.15, -0.1) is 0 Å². The summed E-state index contributed by atoms with van der Waals surface area (Å²) in [5.41, 5.74) is 12.4. The molecule has 11 atom stereocenters. The van der Waals surface area contributed by atoms with E-state index in [2.05, 4.69) is 39.9 Å². The molecule has 294 valence electrons. The average molecular weight is 704 g/mol.